The van der Waals surface area contributed by atoms with Crippen LogP contribution < -0.4 is 14.4 Å². The van der Waals surface area contributed by atoms with Crippen molar-refractivity contribution >= 4 is 23.1 Å². The summed E-state index contributed by atoms with van der Waals surface area (Å²) in [6.07, 6.45) is 0. The fourth-order valence-corrected chi connectivity index (χ4v) is 4.17. The van der Waals surface area contributed by atoms with E-state index in [2.05, 4.69) is 0 Å². The number of para-hydroxylation sites is 1. The molecule has 1 saturated heterocycles. The van der Waals surface area contributed by atoms with Crippen molar-refractivity contribution in [1.82, 2.24) is 0 Å². The number of hydrogen-bond donors (Lipinski definition) is 1. The van der Waals surface area contributed by atoms with Crippen LogP contribution in [0.1, 0.15) is 28.3 Å². The summed E-state index contributed by atoms with van der Waals surface area (Å²) in [6.45, 7) is 3.86. The van der Waals surface area contributed by atoms with Gasteiger partial charge in [0, 0.05) is 16.8 Å². The van der Waals surface area contributed by atoms with Gasteiger partial charge in [0.2, 0.25) is 0 Å². The number of aliphatic hydroxyl groups is 1. The van der Waals surface area contributed by atoms with Crippen LogP contribution in [0.15, 0.2) is 72.3 Å². The first-order valence-corrected chi connectivity index (χ1v) is 10.5. The highest BCUT2D eigenvalue weighted by molar-refractivity contribution is 6.51. The molecule has 1 aliphatic rings. The Kier molecular flexibility index (Phi) is 5.92. The highest BCUT2D eigenvalue weighted by Crippen LogP contribution is 2.45. The van der Waals surface area contributed by atoms with Gasteiger partial charge >= 0.3 is 0 Å². The number of anilines is 1. The van der Waals surface area contributed by atoms with E-state index in [1.54, 1.807) is 43.5 Å². The van der Waals surface area contributed by atoms with E-state index in [0.29, 0.717) is 28.3 Å². The minimum absolute atomic E-state index is 0.00979. The normalized spacial score (nSPS) is 17.3. The summed E-state index contributed by atoms with van der Waals surface area (Å²) in [4.78, 5) is 28.2. The van der Waals surface area contributed by atoms with Gasteiger partial charge in [0.05, 0.1) is 25.8 Å². The average Bonchev–Trinajstić information content (AvgIpc) is 3.10. The first-order chi connectivity index (χ1) is 15.9. The SMILES string of the molecule is COc1ccc(/C(O)=C2\C(=O)C(=O)N(c3cccc(C)c3C)C2c2ccccc2OC)cc1. The van der Waals surface area contributed by atoms with E-state index in [9.17, 15) is 14.7 Å². The second kappa shape index (κ2) is 8.82. The predicted molar refractivity (Wildman–Crippen MR) is 127 cm³/mol. The number of nitrogens with zero attached hydrogens (tertiary/aromatic N) is 1. The quantitative estimate of drug-likeness (QED) is 0.343. The number of aliphatic hydroxyl groups excluding tert-OH is 1. The molecule has 1 amide bonds. The summed E-state index contributed by atoms with van der Waals surface area (Å²) in [5.74, 6) is -0.571. The van der Waals surface area contributed by atoms with Gasteiger partial charge in [-0.2, -0.15) is 0 Å². The second-order valence-corrected chi connectivity index (χ2v) is 7.86. The van der Waals surface area contributed by atoms with Crippen LogP contribution >= 0.6 is 0 Å². The Bertz CT molecular complexity index is 1260. The topological polar surface area (TPSA) is 76.1 Å². The van der Waals surface area contributed by atoms with Crippen LogP contribution in [0.2, 0.25) is 0 Å². The van der Waals surface area contributed by atoms with Gasteiger partial charge in [0.1, 0.15) is 17.3 Å². The highest BCUT2D eigenvalue weighted by atomic mass is 16.5. The van der Waals surface area contributed by atoms with Crippen LogP contribution in [-0.4, -0.2) is 31.0 Å². The monoisotopic (exact) mass is 443 g/mol. The van der Waals surface area contributed by atoms with Gasteiger partial charge in [-0.15, -0.1) is 0 Å². The number of Topliss-reactive ketones (excluding diaryl/α,β-unsaturated/α-hetero) is 1. The number of carbonyl (C=O) groups excluding carboxylic acids is 2. The highest BCUT2D eigenvalue weighted by Gasteiger charge is 2.48. The molecule has 1 atom stereocenters. The van der Waals surface area contributed by atoms with Gasteiger partial charge in [0.25, 0.3) is 11.7 Å². The van der Waals surface area contributed by atoms with Crippen molar-refractivity contribution in [1.29, 1.82) is 0 Å². The summed E-state index contributed by atoms with van der Waals surface area (Å²) < 4.78 is 10.7. The Morgan fingerprint density at radius 3 is 2.24 bits per heavy atom. The number of rotatable bonds is 5. The van der Waals surface area contributed by atoms with Crippen LogP contribution in [0.4, 0.5) is 5.69 Å². The van der Waals surface area contributed by atoms with Crippen LogP contribution in [0, 0.1) is 13.8 Å². The first-order valence-electron chi connectivity index (χ1n) is 10.5. The molecule has 0 radical (unpaired) electrons. The van der Waals surface area contributed by atoms with Crippen LogP contribution in [0.5, 0.6) is 11.5 Å². The van der Waals surface area contributed by atoms with Gasteiger partial charge in [-0.05, 0) is 61.4 Å². The fraction of sp³-hybridized carbons (Fsp3) is 0.185. The third-order valence-electron chi connectivity index (χ3n) is 6.08. The van der Waals surface area contributed by atoms with Gasteiger partial charge in [-0.25, -0.2) is 0 Å². The summed E-state index contributed by atoms with van der Waals surface area (Å²) in [5.41, 5.74) is 3.51. The van der Waals surface area contributed by atoms with E-state index in [0.717, 1.165) is 11.1 Å². The van der Waals surface area contributed by atoms with E-state index in [1.807, 2.05) is 44.2 Å². The molecule has 6 nitrogen and oxygen atoms in total. The molecule has 3 aromatic carbocycles. The maximum absolute atomic E-state index is 13.4. The molecule has 6 heteroatoms. The zero-order valence-corrected chi connectivity index (χ0v) is 19.0. The third kappa shape index (κ3) is 3.74. The lowest BCUT2D eigenvalue weighted by Gasteiger charge is -2.28. The third-order valence-corrected chi connectivity index (χ3v) is 6.08. The Labute approximate surface area is 192 Å². The molecule has 1 fully saturated rings. The summed E-state index contributed by atoms with van der Waals surface area (Å²) in [7, 11) is 3.08. The van der Waals surface area contributed by atoms with Crippen LogP contribution in [0.3, 0.4) is 0 Å². The van der Waals surface area contributed by atoms with Crippen molar-refractivity contribution in [2.45, 2.75) is 19.9 Å². The number of carbonyl (C=O) groups is 2. The molecule has 0 aromatic heterocycles. The largest absolute Gasteiger partial charge is 0.507 e. The Hall–Kier alpha value is -4.06. The van der Waals surface area contributed by atoms with Gasteiger partial charge in [-0.3, -0.25) is 14.5 Å². The lowest BCUT2D eigenvalue weighted by atomic mass is 9.94. The minimum atomic E-state index is -0.858. The number of aryl methyl sites for hydroxylation is 1. The molecule has 0 spiro atoms. The van der Waals surface area contributed by atoms with Crippen molar-refractivity contribution in [2.75, 3.05) is 19.1 Å². The van der Waals surface area contributed by atoms with Gasteiger partial charge < -0.3 is 14.6 Å². The molecule has 33 heavy (non-hydrogen) atoms. The van der Waals surface area contributed by atoms with E-state index in [1.165, 1.54) is 12.0 Å². The molecule has 0 aliphatic carbocycles. The Morgan fingerprint density at radius 2 is 1.58 bits per heavy atom. The molecular formula is C27H25NO5. The maximum atomic E-state index is 13.4. The van der Waals surface area contributed by atoms with E-state index in [4.69, 9.17) is 9.47 Å². The lowest BCUT2D eigenvalue weighted by molar-refractivity contribution is -0.132. The molecule has 1 heterocycles. The minimum Gasteiger partial charge on any atom is -0.507 e. The molecule has 0 saturated carbocycles. The maximum Gasteiger partial charge on any atom is 0.300 e. The number of ether oxygens (including phenoxy) is 2. The molecule has 0 bridgehead atoms. The van der Waals surface area contributed by atoms with Crippen molar-refractivity contribution in [3.8, 4) is 11.5 Å². The van der Waals surface area contributed by atoms with E-state index < -0.39 is 17.7 Å². The van der Waals surface area contributed by atoms with Gasteiger partial charge in [-0.1, -0.05) is 30.3 Å². The van der Waals surface area contributed by atoms with Gasteiger partial charge in [0.15, 0.2) is 0 Å². The molecule has 1 aliphatic heterocycles. The van der Waals surface area contributed by atoms with E-state index in [-0.39, 0.29) is 11.3 Å². The number of methoxy groups -OCH3 is 2. The molecule has 168 valence electrons. The van der Waals surface area contributed by atoms with E-state index >= 15 is 0 Å². The second-order valence-electron chi connectivity index (χ2n) is 7.86. The molecule has 1 N–H and O–H groups in total. The van der Waals surface area contributed by atoms with Crippen molar-refractivity contribution in [2.24, 2.45) is 0 Å². The van der Waals surface area contributed by atoms with Crippen molar-refractivity contribution < 1.29 is 24.2 Å². The number of benzene rings is 3. The van der Waals surface area contributed by atoms with Crippen molar-refractivity contribution in [3.63, 3.8) is 0 Å². The lowest BCUT2D eigenvalue weighted by Crippen LogP contribution is -2.30. The summed E-state index contributed by atoms with van der Waals surface area (Å²) >= 11 is 0. The predicted octanol–water partition coefficient (Wildman–Crippen LogP) is 4.95. The smallest absolute Gasteiger partial charge is 0.300 e. The summed E-state index contributed by atoms with van der Waals surface area (Å²) in [6, 6.07) is 18.6. The molecular weight excluding hydrogens is 418 g/mol. The average molecular weight is 443 g/mol. The van der Waals surface area contributed by atoms with Crippen LogP contribution in [0.25, 0.3) is 5.76 Å². The Morgan fingerprint density at radius 1 is 0.879 bits per heavy atom. The number of hydrogen-bond acceptors (Lipinski definition) is 5. The zero-order chi connectivity index (χ0) is 23.7. The zero-order valence-electron chi connectivity index (χ0n) is 19.0. The molecule has 4 rings (SSSR count). The van der Waals surface area contributed by atoms with Crippen molar-refractivity contribution in [3.05, 3.63) is 94.6 Å². The number of amides is 1. The molecule has 1 unspecified atom stereocenters. The fourth-order valence-electron chi connectivity index (χ4n) is 4.17. The molecule has 3 aromatic rings. The Balaban J connectivity index is 1.99. The standard InChI is InChI=1S/C27H25NO5/c1-16-8-7-10-21(17(16)2)28-24(20-9-5-6-11-22(20)33-4)23(26(30)27(28)31)25(29)18-12-14-19(32-3)15-13-18/h5-15,24,29H,1-4H3/b25-23+. The number of ketones is 1. The van der Waals surface area contributed by atoms with Crippen LogP contribution in [-0.2, 0) is 9.59 Å². The summed E-state index contributed by atoms with van der Waals surface area (Å²) in [5, 5.41) is 11.3. The first kappa shape index (κ1) is 22.1.